The molecule has 0 radical (unpaired) electrons. The van der Waals surface area contributed by atoms with Gasteiger partial charge in [-0.2, -0.15) is 0 Å². The normalized spacial score (nSPS) is 18.0. The first-order valence-electron chi connectivity index (χ1n) is 7.73. The van der Waals surface area contributed by atoms with Crippen LogP contribution in [0.1, 0.15) is 37.4 Å². The molecular weight excluding hydrogens is 464 g/mol. The number of hydrogen-bond acceptors (Lipinski definition) is 3. The van der Waals surface area contributed by atoms with Crippen molar-refractivity contribution in [2.24, 2.45) is 4.99 Å². The van der Waals surface area contributed by atoms with Gasteiger partial charge < -0.3 is 20.8 Å². The Labute approximate surface area is 169 Å². The summed E-state index contributed by atoms with van der Waals surface area (Å²) in [6.07, 6.45) is 2.96. The van der Waals surface area contributed by atoms with Gasteiger partial charge in [-0.15, -0.1) is 24.0 Å². The minimum absolute atomic E-state index is 0. The van der Waals surface area contributed by atoms with Crippen molar-refractivity contribution in [3.63, 3.8) is 0 Å². The van der Waals surface area contributed by atoms with Crippen molar-refractivity contribution in [1.82, 2.24) is 10.6 Å². The molecule has 1 aromatic rings. The Balaban J connectivity index is 0.00000288. The maximum Gasteiger partial charge on any atom is 0.191 e. The highest BCUT2D eigenvalue weighted by Gasteiger charge is 2.30. The fourth-order valence-electron chi connectivity index (χ4n) is 2.76. The van der Waals surface area contributed by atoms with Crippen LogP contribution in [-0.4, -0.2) is 41.9 Å². The van der Waals surface area contributed by atoms with Crippen LogP contribution >= 0.6 is 47.2 Å². The fourth-order valence-corrected chi connectivity index (χ4v) is 3.30. The summed E-state index contributed by atoms with van der Waals surface area (Å²) >= 11 is 11.9. The smallest absolute Gasteiger partial charge is 0.191 e. The van der Waals surface area contributed by atoms with Crippen molar-refractivity contribution in [3.8, 4) is 0 Å². The summed E-state index contributed by atoms with van der Waals surface area (Å²) < 4.78 is 0. The molecule has 1 fully saturated rings. The molecule has 1 aliphatic carbocycles. The van der Waals surface area contributed by atoms with Gasteiger partial charge in [0.05, 0.1) is 11.7 Å². The average Bonchev–Trinajstić information content (AvgIpc) is 2.93. The summed E-state index contributed by atoms with van der Waals surface area (Å²) in [7, 11) is 1.65. The van der Waals surface area contributed by atoms with Crippen LogP contribution in [-0.2, 0) is 0 Å². The Morgan fingerprint density at radius 3 is 2.33 bits per heavy atom. The molecule has 0 spiro atoms. The zero-order chi connectivity index (χ0) is 16.9. The molecule has 8 heteroatoms. The molecule has 4 N–H and O–H groups in total. The Bertz CT molecular complexity index is 546. The molecule has 24 heavy (non-hydrogen) atoms. The zero-order valence-electron chi connectivity index (χ0n) is 13.6. The van der Waals surface area contributed by atoms with Gasteiger partial charge in [0.25, 0.3) is 0 Å². The third-order valence-corrected chi connectivity index (χ3v) is 4.51. The molecule has 2 rings (SSSR count). The van der Waals surface area contributed by atoms with Crippen LogP contribution in [0, 0.1) is 0 Å². The molecule has 1 atom stereocenters. The number of hydrogen-bond donors (Lipinski definition) is 4. The van der Waals surface area contributed by atoms with Crippen LogP contribution in [0.3, 0.4) is 0 Å². The molecule has 0 saturated heterocycles. The number of nitrogens with zero attached hydrogens (tertiary/aromatic N) is 1. The Hall–Kier alpha value is -0.280. The third kappa shape index (κ3) is 6.55. The van der Waals surface area contributed by atoms with Gasteiger partial charge in [-0.1, -0.05) is 36.0 Å². The van der Waals surface area contributed by atoms with Crippen molar-refractivity contribution in [3.05, 3.63) is 33.8 Å². The molecule has 1 saturated carbocycles. The van der Waals surface area contributed by atoms with E-state index in [2.05, 4.69) is 15.6 Å². The second-order valence-corrected chi connectivity index (χ2v) is 6.83. The van der Waals surface area contributed by atoms with E-state index in [1.54, 1.807) is 25.2 Å². The monoisotopic (exact) mass is 487 g/mol. The summed E-state index contributed by atoms with van der Waals surface area (Å²) in [5.74, 6) is 0.539. The lowest BCUT2D eigenvalue weighted by Crippen LogP contribution is -2.46. The predicted octanol–water partition coefficient (Wildman–Crippen LogP) is 3.11. The van der Waals surface area contributed by atoms with E-state index in [0.717, 1.165) is 25.7 Å². The molecular formula is C16H24Cl2IN3O2. The van der Waals surface area contributed by atoms with E-state index in [4.69, 9.17) is 23.2 Å². The maximum absolute atomic E-state index is 10.3. The number of rotatable bonds is 5. The number of aliphatic hydroxyl groups is 2. The summed E-state index contributed by atoms with van der Waals surface area (Å²) in [6, 6.07) is 4.98. The van der Waals surface area contributed by atoms with Crippen LogP contribution in [0.2, 0.25) is 10.0 Å². The van der Waals surface area contributed by atoms with Crippen molar-refractivity contribution < 1.29 is 10.2 Å². The Morgan fingerprint density at radius 2 is 1.79 bits per heavy atom. The summed E-state index contributed by atoms with van der Waals surface area (Å²) in [6.45, 7) is 0.709. The minimum Gasteiger partial charge on any atom is -0.388 e. The van der Waals surface area contributed by atoms with Crippen LogP contribution in [0.25, 0.3) is 0 Å². The molecule has 5 nitrogen and oxygen atoms in total. The topological polar surface area (TPSA) is 76.9 Å². The first-order chi connectivity index (χ1) is 10.9. The second-order valence-electron chi connectivity index (χ2n) is 5.96. The number of aliphatic imine (C=N–C) groups is 1. The maximum atomic E-state index is 10.3. The number of aliphatic hydroxyl groups excluding tert-OH is 1. The quantitative estimate of drug-likeness (QED) is 0.292. The van der Waals surface area contributed by atoms with Crippen molar-refractivity contribution in [2.45, 2.75) is 37.4 Å². The van der Waals surface area contributed by atoms with E-state index < -0.39 is 11.7 Å². The molecule has 0 aromatic heterocycles. The number of benzene rings is 1. The summed E-state index contributed by atoms with van der Waals surface area (Å²) in [4.78, 5) is 4.10. The lowest BCUT2D eigenvalue weighted by Gasteiger charge is -2.24. The van der Waals surface area contributed by atoms with Gasteiger partial charge in [-0.25, -0.2) is 0 Å². The third-order valence-electron chi connectivity index (χ3n) is 4.08. The molecule has 136 valence electrons. The lowest BCUT2D eigenvalue weighted by molar-refractivity contribution is 0.0521. The van der Waals surface area contributed by atoms with Gasteiger partial charge in [-0.05, 0) is 36.6 Å². The van der Waals surface area contributed by atoms with E-state index >= 15 is 0 Å². The van der Waals surface area contributed by atoms with E-state index in [-0.39, 0.29) is 30.5 Å². The van der Waals surface area contributed by atoms with Gasteiger partial charge in [0.15, 0.2) is 5.96 Å². The fraction of sp³-hybridized carbons (Fsp3) is 0.562. The first-order valence-corrected chi connectivity index (χ1v) is 8.48. The van der Waals surface area contributed by atoms with Gasteiger partial charge in [0.2, 0.25) is 0 Å². The molecule has 0 amide bonds. The van der Waals surface area contributed by atoms with Crippen LogP contribution in [0.4, 0.5) is 0 Å². The van der Waals surface area contributed by atoms with Crippen LogP contribution in [0.5, 0.6) is 0 Å². The first kappa shape index (κ1) is 21.8. The van der Waals surface area contributed by atoms with Crippen LogP contribution in [0.15, 0.2) is 23.2 Å². The highest BCUT2D eigenvalue weighted by atomic mass is 127. The van der Waals surface area contributed by atoms with Crippen molar-refractivity contribution >= 4 is 53.1 Å². The highest BCUT2D eigenvalue weighted by Crippen LogP contribution is 2.28. The van der Waals surface area contributed by atoms with E-state index in [1.807, 2.05) is 0 Å². The number of nitrogens with one attached hydrogen (secondary N) is 2. The standard InChI is InChI=1S/C16H23Cl2N3O2.HI/c1-19-15(21-10-16(23)4-2-3-5-16)20-9-14(22)11-6-12(17)8-13(18)7-11;/h6-8,14,22-23H,2-5,9-10H2,1H3,(H2,19,20,21);1H. The van der Waals surface area contributed by atoms with Crippen molar-refractivity contribution in [2.75, 3.05) is 20.1 Å². The number of guanidine groups is 1. The van der Waals surface area contributed by atoms with Crippen molar-refractivity contribution in [1.29, 1.82) is 0 Å². The number of halogens is 3. The SMILES string of the molecule is CN=C(NCC(O)c1cc(Cl)cc(Cl)c1)NCC1(O)CCCC1.I. The predicted molar refractivity (Wildman–Crippen MR) is 110 cm³/mol. The molecule has 1 aromatic carbocycles. The van der Waals surface area contributed by atoms with E-state index in [1.165, 1.54) is 0 Å². The molecule has 0 heterocycles. The summed E-state index contributed by atoms with van der Waals surface area (Å²) in [5, 5.41) is 27.7. The van der Waals surface area contributed by atoms with E-state index in [0.29, 0.717) is 28.1 Å². The Kier molecular flexibility index (Phi) is 9.08. The lowest BCUT2D eigenvalue weighted by atomic mass is 10.0. The van der Waals surface area contributed by atoms with E-state index in [9.17, 15) is 10.2 Å². The second kappa shape index (κ2) is 10.0. The Morgan fingerprint density at radius 1 is 1.21 bits per heavy atom. The molecule has 0 bridgehead atoms. The van der Waals surface area contributed by atoms with Gasteiger partial charge in [-0.3, -0.25) is 4.99 Å². The van der Waals surface area contributed by atoms with Gasteiger partial charge in [0, 0.05) is 30.2 Å². The summed E-state index contributed by atoms with van der Waals surface area (Å²) in [5.41, 5.74) is -0.0173. The van der Waals surface area contributed by atoms with Gasteiger partial charge >= 0.3 is 0 Å². The van der Waals surface area contributed by atoms with Crippen LogP contribution < -0.4 is 10.6 Å². The molecule has 1 unspecified atom stereocenters. The molecule has 0 aliphatic heterocycles. The largest absolute Gasteiger partial charge is 0.388 e. The average molecular weight is 488 g/mol. The highest BCUT2D eigenvalue weighted by molar-refractivity contribution is 14.0. The minimum atomic E-state index is -0.765. The van der Waals surface area contributed by atoms with Gasteiger partial charge in [0.1, 0.15) is 0 Å². The molecule has 1 aliphatic rings. The zero-order valence-corrected chi connectivity index (χ0v) is 17.4.